The van der Waals surface area contributed by atoms with Gasteiger partial charge in [-0.2, -0.15) is 4.98 Å². The van der Waals surface area contributed by atoms with Crippen molar-refractivity contribution in [1.29, 1.82) is 0 Å². The largest absolute Gasteiger partial charge is 0.385 e. The van der Waals surface area contributed by atoms with E-state index in [2.05, 4.69) is 15.0 Å². The van der Waals surface area contributed by atoms with Crippen molar-refractivity contribution in [2.75, 3.05) is 18.0 Å². The van der Waals surface area contributed by atoms with Gasteiger partial charge in [-0.05, 0) is 42.1 Å². The van der Waals surface area contributed by atoms with E-state index in [9.17, 15) is 5.11 Å². The van der Waals surface area contributed by atoms with Gasteiger partial charge in [0.05, 0.1) is 5.60 Å². The Balaban J connectivity index is 1.73. The molecule has 1 N–H and O–H groups in total. The summed E-state index contributed by atoms with van der Waals surface area (Å²) in [6, 6.07) is 7.34. The van der Waals surface area contributed by atoms with Crippen LogP contribution >= 0.6 is 23.2 Å². The van der Waals surface area contributed by atoms with Crippen LogP contribution in [-0.2, 0) is 5.60 Å². The zero-order valence-corrected chi connectivity index (χ0v) is 12.7. The second-order valence-corrected chi connectivity index (χ2v) is 5.85. The second-order valence-electron chi connectivity index (χ2n) is 5.08. The van der Waals surface area contributed by atoms with Crippen LogP contribution in [0.3, 0.4) is 0 Å². The maximum Gasteiger partial charge on any atom is 0.229 e. The summed E-state index contributed by atoms with van der Waals surface area (Å²) in [6.07, 6.45) is 2.58. The topological polar surface area (TPSA) is 62.1 Å². The SMILES string of the molecule is OC1(c2ccc(Cl)cc2)CCN(c2ncnc(Cl)n2)CC1. The van der Waals surface area contributed by atoms with Crippen molar-refractivity contribution in [1.82, 2.24) is 15.0 Å². The maximum absolute atomic E-state index is 10.8. The number of nitrogens with zero attached hydrogens (tertiary/aromatic N) is 4. The predicted octanol–water partition coefficient (Wildman–Crippen LogP) is 2.67. The Hall–Kier alpha value is -1.43. The van der Waals surface area contributed by atoms with Crippen molar-refractivity contribution >= 4 is 29.2 Å². The molecule has 21 heavy (non-hydrogen) atoms. The van der Waals surface area contributed by atoms with E-state index in [1.54, 1.807) is 12.1 Å². The highest BCUT2D eigenvalue weighted by Crippen LogP contribution is 2.34. The van der Waals surface area contributed by atoms with E-state index in [1.165, 1.54) is 6.33 Å². The number of rotatable bonds is 2. The lowest BCUT2D eigenvalue weighted by atomic mass is 9.84. The third-order valence-electron chi connectivity index (χ3n) is 3.78. The Morgan fingerprint density at radius 3 is 2.33 bits per heavy atom. The molecule has 3 rings (SSSR count). The van der Waals surface area contributed by atoms with Crippen LogP contribution in [0.4, 0.5) is 5.95 Å². The van der Waals surface area contributed by atoms with Crippen molar-refractivity contribution in [2.24, 2.45) is 0 Å². The zero-order chi connectivity index (χ0) is 14.9. The van der Waals surface area contributed by atoms with Crippen molar-refractivity contribution in [3.8, 4) is 0 Å². The van der Waals surface area contributed by atoms with Crippen LogP contribution in [0.25, 0.3) is 0 Å². The van der Waals surface area contributed by atoms with Gasteiger partial charge in [0.2, 0.25) is 11.2 Å². The van der Waals surface area contributed by atoms with Crippen molar-refractivity contribution < 1.29 is 5.11 Å². The van der Waals surface area contributed by atoms with E-state index in [4.69, 9.17) is 23.2 Å². The van der Waals surface area contributed by atoms with Gasteiger partial charge < -0.3 is 10.0 Å². The minimum Gasteiger partial charge on any atom is -0.385 e. The van der Waals surface area contributed by atoms with E-state index >= 15 is 0 Å². The fourth-order valence-electron chi connectivity index (χ4n) is 2.55. The lowest BCUT2D eigenvalue weighted by molar-refractivity contribution is 0.0115. The van der Waals surface area contributed by atoms with Gasteiger partial charge in [0, 0.05) is 18.1 Å². The molecule has 0 saturated carbocycles. The highest BCUT2D eigenvalue weighted by atomic mass is 35.5. The summed E-state index contributed by atoms with van der Waals surface area (Å²) < 4.78 is 0. The Kier molecular flexibility index (Phi) is 3.97. The normalized spacial score (nSPS) is 17.8. The molecule has 7 heteroatoms. The minimum absolute atomic E-state index is 0.179. The summed E-state index contributed by atoms with van der Waals surface area (Å²) in [5.74, 6) is 0.549. The molecular weight excluding hydrogens is 311 g/mol. The number of benzene rings is 1. The molecule has 1 aromatic heterocycles. The fraction of sp³-hybridized carbons (Fsp3) is 0.357. The molecule has 2 aromatic rings. The Labute approximate surface area is 132 Å². The van der Waals surface area contributed by atoms with Gasteiger partial charge in [0.1, 0.15) is 6.33 Å². The van der Waals surface area contributed by atoms with Gasteiger partial charge in [-0.15, -0.1) is 0 Å². The first kappa shape index (κ1) is 14.5. The van der Waals surface area contributed by atoms with Gasteiger partial charge in [-0.3, -0.25) is 0 Å². The molecule has 0 radical (unpaired) electrons. The smallest absolute Gasteiger partial charge is 0.229 e. The second kappa shape index (κ2) is 5.75. The molecule has 2 heterocycles. The Bertz CT molecular complexity index is 627. The van der Waals surface area contributed by atoms with Gasteiger partial charge in [0.15, 0.2) is 0 Å². The van der Waals surface area contributed by atoms with Crippen molar-refractivity contribution in [3.05, 3.63) is 46.5 Å². The third kappa shape index (κ3) is 3.10. The zero-order valence-electron chi connectivity index (χ0n) is 11.2. The van der Waals surface area contributed by atoms with E-state index in [0.29, 0.717) is 36.9 Å². The highest BCUT2D eigenvalue weighted by molar-refractivity contribution is 6.30. The van der Waals surface area contributed by atoms with Crippen molar-refractivity contribution in [3.63, 3.8) is 0 Å². The molecule has 0 atom stereocenters. The van der Waals surface area contributed by atoms with Gasteiger partial charge in [-0.1, -0.05) is 23.7 Å². The summed E-state index contributed by atoms with van der Waals surface area (Å²) in [7, 11) is 0. The molecule has 1 aromatic carbocycles. The Morgan fingerprint density at radius 2 is 1.71 bits per heavy atom. The number of anilines is 1. The lowest BCUT2D eigenvalue weighted by Gasteiger charge is -2.38. The quantitative estimate of drug-likeness (QED) is 0.920. The summed E-state index contributed by atoms with van der Waals surface area (Å²) in [5.41, 5.74) is 0.0537. The number of aromatic nitrogens is 3. The number of halogens is 2. The van der Waals surface area contributed by atoms with Gasteiger partial charge in [0.25, 0.3) is 0 Å². The van der Waals surface area contributed by atoms with Crippen LogP contribution < -0.4 is 4.90 Å². The summed E-state index contributed by atoms with van der Waals surface area (Å²) in [6.45, 7) is 1.30. The molecule has 0 spiro atoms. The number of piperidine rings is 1. The first-order valence-electron chi connectivity index (χ1n) is 6.65. The van der Waals surface area contributed by atoms with Crippen LogP contribution in [0.15, 0.2) is 30.6 Å². The van der Waals surface area contributed by atoms with E-state index in [1.807, 2.05) is 17.0 Å². The van der Waals surface area contributed by atoms with Crippen molar-refractivity contribution in [2.45, 2.75) is 18.4 Å². The van der Waals surface area contributed by atoms with Crippen LogP contribution in [-0.4, -0.2) is 33.1 Å². The summed E-state index contributed by atoms with van der Waals surface area (Å²) >= 11 is 11.7. The standard InChI is InChI=1S/C14H14Cl2N4O/c15-11-3-1-10(2-4-11)14(21)5-7-20(8-6-14)13-18-9-17-12(16)19-13/h1-4,9,21H,5-8H2. The van der Waals surface area contributed by atoms with Crippen LogP contribution in [0, 0.1) is 0 Å². The molecule has 1 fully saturated rings. The average molecular weight is 325 g/mol. The molecule has 0 bridgehead atoms. The monoisotopic (exact) mass is 324 g/mol. The highest BCUT2D eigenvalue weighted by Gasteiger charge is 2.34. The number of hydrogen-bond donors (Lipinski definition) is 1. The van der Waals surface area contributed by atoms with Gasteiger partial charge >= 0.3 is 0 Å². The third-order valence-corrected chi connectivity index (χ3v) is 4.22. The van der Waals surface area contributed by atoms with Crippen LogP contribution in [0.2, 0.25) is 10.3 Å². The van der Waals surface area contributed by atoms with E-state index in [-0.39, 0.29) is 5.28 Å². The Morgan fingerprint density at radius 1 is 1.05 bits per heavy atom. The first-order chi connectivity index (χ1) is 10.1. The molecule has 1 aliphatic rings. The van der Waals surface area contributed by atoms with E-state index < -0.39 is 5.60 Å². The number of hydrogen-bond acceptors (Lipinski definition) is 5. The maximum atomic E-state index is 10.8. The molecule has 5 nitrogen and oxygen atoms in total. The van der Waals surface area contributed by atoms with Crippen LogP contribution in [0.1, 0.15) is 18.4 Å². The molecule has 0 amide bonds. The molecule has 0 aliphatic carbocycles. The molecule has 0 unspecified atom stereocenters. The molecule has 1 aliphatic heterocycles. The van der Waals surface area contributed by atoms with Crippen LogP contribution in [0.5, 0.6) is 0 Å². The molecule has 1 saturated heterocycles. The summed E-state index contributed by atoms with van der Waals surface area (Å²) in [5, 5.41) is 11.6. The molecular formula is C14H14Cl2N4O. The lowest BCUT2D eigenvalue weighted by Crippen LogP contribution is -2.43. The first-order valence-corrected chi connectivity index (χ1v) is 7.40. The summed E-state index contributed by atoms with van der Waals surface area (Å²) in [4.78, 5) is 14.0. The predicted molar refractivity (Wildman–Crippen MR) is 81.6 cm³/mol. The minimum atomic E-state index is -0.835. The average Bonchev–Trinajstić information content (AvgIpc) is 2.48. The molecule has 110 valence electrons. The fourth-order valence-corrected chi connectivity index (χ4v) is 2.79. The number of aliphatic hydroxyl groups is 1. The van der Waals surface area contributed by atoms with Gasteiger partial charge in [-0.25, -0.2) is 9.97 Å². The van der Waals surface area contributed by atoms with E-state index in [0.717, 1.165) is 5.56 Å².